The van der Waals surface area contributed by atoms with E-state index in [2.05, 4.69) is 4.98 Å². The van der Waals surface area contributed by atoms with E-state index in [9.17, 15) is 9.59 Å². The van der Waals surface area contributed by atoms with Crippen molar-refractivity contribution in [1.29, 1.82) is 0 Å². The summed E-state index contributed by atoms with van der Waals surface area (Å²) in [6.45, 7) is 2.13. The van der Waals surface area contributed by atoms with Crippen molar-refractivity contribution in [2.45, 2.75) is 19.8 Å². The summed E-state index contributed by atoms with van der Waals surface area (Å²) in [7, 11) is 0. The number of fused-ring (bicyclic) bond motifs is 3. The van der Waals surface area contributed by atoms with Crippen molar-refractivity contribution in [2.75, 3.05) is 6.61 Å². The number of carbonyl (C=O) groups is 2. The van der Waals surface area contributed by atoms with Gasteiger partial charge in [0.2, 0.25) is 0 Å². The summed E-state index contributed by atoms with van der Waals surface area (Å²) in [4.78, 5) is 27.1. The molecule has 1 aromatic carbocycles. The molecular weight excluding hydrogens is 242 g/mol. The summed E-state index contributed by atoms with van der Waals surface area (Å²) in [5, 5.41) is 1.03. The number of para-hydroxylation sites is 1. The van der Waals surface area contributed by atoms with Crippen LogP contribution in [0.2, 0.25) is 0 Å². The van der Waals surface area contributed by atoms with E-state index in [-0.39, 0.29) is 24.1 Å². The Morgan fingerprint density at radius 1 is 1.37 bits per heavy atom. The molecule has 0 fully saturated rings. The minimum Gasteiger partial charge on any atom is -0.466 e. The van der Waals surface area contributed by atoms with Crippen LogP contribution >= 0.6 is 0 Å². The van der Waals surface area contributed by atoms with Crippen LogP contribution in [-0.2, 0) is 16.0 Å². The molecule has 1 atom stereocenters. The van der Waals surface area contributed by atoms with Gasteiger partial charge in [0.15, 0.2) is 5.78 Å². The Hall–Kier alpha value is -2.10. The molecule has 0 amide bonds. The quantitative estimate of drug-likeness (QED) is 0.841. The van der Waals surface area contributed by atoms with Gasteiger partial charge in [-0.25, -0.2) is 0 Å². The monoisotopic (exact) mass is 257 g/mol. The highest BCUT2D eigenvalue weighted by Gasteiger charge is 2.33. The fourth-order valence-electron chi connectivity index (χ4n) is 2.72. The molecule has 1 aromatic heterocycles. The molecule has 3 rings (SSSR count). The molecule has 1 aliphatic carbocycles. The van der Waals surface area contributed by atoms with Gasteiger partial charge in [-0.15, -0.1) is 0 Å². The molecule has 19 heavy (non-hydrogen) atoms. The fraction of sp³-hybridized carbons (Fsp3) is 0.333. The number of rotatable bonds is 2. The first-order chi connectivity index (χ1) is 9.20. The molecule has 1 heterocycles. The Balaban J connectivity index is 2.03. The van der Waals surface area contributed by atoms with E-state index in [1.165, 1.54) is 0 Å². The largest absolute Gasteiger partial charge is 0.466 e. The summed E-state index contributed by atoms with van der Waals surface area (Å²) in [6, 6.07) is 7.79. The molecule has 0 aliphatic heterocycles. The van der Waals surface area contributed by atoms with Gasteiger partial charge in [-0.1, -0.05) is 18.2 Å². The van der Waals surface area contributed by atoms with Crippen molar-refractivity contribution < 1.29 is 14.3 Å². The van der Waals surface area contributed by atoms with Crippen LogP contribution in [0.1, 0.15) is 29.4 Å². The number of aromatic amines is 1. The topological polar surface area (TPSA) is 59.2 Å². The van der Waals surface area contributed by atoms with E-state index < -0.39 is 0 Å². The molecule has 4 heteroatoms. The standard InChI is InChI=1S/C15H15NO3/c1-2-19-15(18)9-7-11-10-5-3-4-6-12(10)16-14(11)13(17)8-9/h3-6,9,16H,2,7-8H2,1H3/t9-/m1/s1. The third-order valence-electron chi connectivity index (χ3n) is 3.59. The average molecular weight is 257 g/mol. The van der Waals surface area contributed by atoms with E-state index in [0.717, 1.165) is 16.5 Å². The molecule has 0 saturated carbocycles. The van der Waals surface area contributed by atoms with Crippen LogP contribution in [0, 0.1) is 5.92 Å². The van der Waals surface area contributed by atoms with Crippen molar-refractivity contribution in [3.05, 3.63) is 35.5 Å². The van der Waals surface area contributed by atoms with Crippen molar-refractivity contribution in [1.82, 2.24) is 4.98 Å². The molecule has 2 aromatic rings. The summed E-state index contributed by atoms with van der Waals surface area (Å²) in [5.41, 5.74) is 2.55. The summed E-state index contributed by atoms with van der Waals surface area (Å²) in [5.74, 6) is -0.624. The van der Waals surface area contributed by atoms with Gasteiger partial charge in [-0.05, 0) is 25.0 Å². The van der Waals surface area contributed by atoms with Crippen LogP contribution in [0.4, 0.5) is 0 Å². The SMILES string of the molecule is CCOC(=O)[C@H]1CC(=O)c2[nH]c3ccccc3c2C1. The molecule has 0 spiro atoms. The van der Waals surface area contributed by atoms with Gasteiger partial charge < -0.3 is 9.72 Å². The highest BCUT2D eigenvalue weighted by Crippen LogP contribution is 2.32. The molecule has 0 saturated heterocycles. The zero-order valence-electron chi connectivity index (χ0n) is 10.7. The van der Waals surface area contributed by atoms with Crippen LogP contribution < -0.4 is 0 Å². The maximum atomic E-state index is 12.1. The van der Waals surface area contributed by atoms with E-state index in [4.69, 9.17) is 4.74 Å². The minimum atomic E-state index is -0.348. The predicted octanol–water partition coefficient (Wildman–Crippen LogP) is 2.48. The molecule has 1 N–H and O–H groups in total. The first kappa shape index (κ1) is 12.0. The highest BCUT2D eigenvalue weighted by atomic mass is 16.5. The Bertz CT molecular complexity index is 656. The number of aromatic nitrogens is 1. The molecule has 0 bridgehead atoms. The van der Waals surface area contributed by atoms with Gasteiger partial charge in [-0.3, -0.25) is 9.59 Å². The lowest BCUT2D eigenvalue weighted by Crippen LogP contribution is -2.27. The van der Waals surface area contributed by atoms with E-state index >= 15 is 0 Å². The van der Waals surface area contributed by atoms with Crippen molar-refractivity contribution in [3.8, 4) is 0 Å². The van der Waals surface area contributed by atoms with Crippen LogP contribution in [0.5, 0.6) is 0 Å². The number of Topliss-reactive ketones (excluding diaryl/α,β-unsaturated/α-hetero) is 1. The van der Waals surface area contributed by atoms with Gasteiger partial charge in [-0.2, -0.15) is 0 Å². The first-order valence-corrected chi connectivity index (χ1v) is 6.50. The van der Waals surface area contributed by atoms with Gasteiger partial charge in [0, 0.05) is 17.3 Å². The maximum absolute atomic E-state index is 12.1. The Morgan fingerprint density at radius 2 is 2.16 bits per heavy atom. The number of nitrogens with one attached hydrogen (secondary N) is 1. The summed E-state index contributed by atoms with van der Waals surface area (Å²) < 4.78 is 5.03. The van der Waals surface area contributed by atoms with Crippen LogP contribution in [0.15, 0.2) is 24.3 Å². The Labute approximate surface area is 110 Å². The van der Waals surface area contributed by atoms with Crippen molar-refractivity contribution in [3.63, 3.8) is 0 Å². The number of hydrogen-bond acceptors (Lipinski definition) is 3. The Kier molecular flexibility index (Phi) is 2.85. The second-order valence-electron chi connectivity index (χ2n) is 4.80. The maximum Gasteiger partial charge on any atom is 0.309 e. The molecule has 4 nitrogen and oxygen atoms in total. The third-order valence-corrected chi connectivity index (χ3v) is 3.59. The fourth-order valence-corrected chi connectivity index (χ4v) is 2.72. The number of ether oxygens (including phenoxy) is 1. The number of H-pyrrole nitrogens is 1. The summed E-state index contributed by atoms with van der Waals surface area (Å²) >= 11 is 0. The van der Waals surface area contributed by atoms with Crippen molar-refractivity contribution in [2.24, 2.45) is 5.92 Å². The number of ketones is 1. The third kappa shape index (κ3) is 1.93. The van der Waals surface area contributed by atoms with Gasteiger partial charge in [0.1, 0.15) is 0 Å². The molecule has 0 unspecified atom stereocenters. The lowest BCUT2D eigenvalue weighted by Gasteiger charge is -2.19. The molecule has 98 valence electrons. The normalized spacial score (nSPS) is 18.4. The summed E-state index contributed by atoms with van der Waals surface area (Å²) in [6.07, 6.45) is 0.808. The smallest absolute Gasteiger partial charge is 0.309 e. The van der Waals surface area contributed by atoms with Crippen LogP contribution in [-0.4, -0.2) is 23.3 Å². The number of esters is 1. The van der Waals surface area contributed by atoms with Crippen LogP contribution in [0.25, 0.3) is 10.9 Å². The molecule has 0 radical (unpaired) electrons. The molecular formula is C15H15NO3. The second kappa shape index (κ2) is 4.53. The number of hydrogen-bond donors (Lipinski definition) is 1. The lowest BCUT2D eigenvalue weighted by molar-refractivity contribution is -0.148. The molecule has 1 aliphatic rings. The number of benzene rings is 1. The van der Waals surface area contributed by atoms with Gasteiger partial charge >= 0.3 is 5.97 Å². The predicted molar refractivity (Wildman–Crippen MR) is 71.1 cm³/mol. The average Bonchev–Trinajstić information content (AvgIpc) is 2.78. The zero-order chi connectivity index (χ0) is 13.4. The van der Waals surface area contributed by atoms with E-state index in [0.29, 0.717) is 18.7 Å². The van der Waals surface area contributed by atoms with Crippen LogP contribution in [0.3, 0.4) is 0 Å². The lowest BCUT2D eigenvalue weighted by atomic mass is 9.85. The first-order valence-electron chi connectivity index (χ1n) is 6.50. The second-order valence-corrected chi connectivity index (χ2v) is 4.80. The van der Waals surface area contributed by atoms with E-state index in [1.807, 2.05) is 24.3 Å². The highest BCUT2D eigenvalue weighted by molar-refractivity contribution is 6.05. The zero-order valence-corrected chi connectivity index (χ0v) is 10.7. The minimum absolute atomic E-state index is 0.00416. The number of carbonyl (C=O) groups excluding carboxylic acids is 2. The van der Waals surface area contributed by atoms with Gasteiger partial charge in [0.05, 0.1) is 18.2 Å². The van der Waals surface area contributed by atoms with E-state index in [1.54, 1.807) is 6.92 Å². The Morgan fingerprint density at radius 3 is 2.95 bits per heavy atom. The van der Waals surface area contributed by atoms with Crippen molar-refractivity contribution >= 4 is 22.7 Å². The van der Waals surface area contributed by atoms with Gasteiger partial charge in [0.25, 0.3) is 0 Å².